The fourth-order valence-corrected chi connectivity index (χ4v) is 11.1. The minimum Gasteiger partial charge on any atom is -0.505 e. The van der Waals surface area contributed by atoms with Crippen molar-refractivity contribution in [3.63, 3.8) is 0 Å². The van der Waals surface area contributed by atoms with Gasteiger partial charge in [0.25, 0.3) is 0 Å². The van der Waals surface area contributed by atoms with Crippen molar-refractivity contribution in [1.82, 2.24) is 16.0 Å². The van der Waals surface area contributed by atoms with Crippen molar-refractivity contribution >= 4 is 127 Å². The maximum absolute atomic E-state index is 13.7. The molecular weight excluding hydrogens is 2060 g/mol. The summed E-state index contributed by atoms with van der Waals surface area (Å²) in [6.07, 6.45) is 4.17. The Morgan fingerprint density at radius 2 is 0.795 bits per heavy atom. The number of halogens is 18. The van der Waals surface area contributed by atoms with Gasteiger partial charge in [-0.3, -0.25) is 0 Å². The molecule has 6 aromatic carbocycles. The number of aryl methyl sites for hydroxylation is 1. The molecule has 0 saturated heterocycles. The van der Waals surface area contributed by atoms with E-state index in [0.717, 1.165) is 54.4 Å². The number of hydrogen-bond acceptors (Lipinski definition) is 17. The average Bonchev–Trinajstić information content (AvgIpc) is 0.849. The van der Waals surface area contributed by atoms with Crippen molar-refractivity contribution in [2.45, 2.75) is 170 Å². The summed E-state index contributed by atoms with van der Waals surface area (Å²) in [6, 6.07) is 14.8. The minimum atomic E-state index is -1.84. The van der Waals surface area contributed by atoms with Gasteiger partial charge >= 0.3 is 18.3 Å². The number of alkyl halides is 1. The molecule has 20 nitrogen and oxygen atoms in total. The van der Waals surface area contributed by atoms with Gasteiger partial charge in [0, 0.05) is 48.2 Å². The van der Waals surface area contributed by atoms with Crippen LogP contribution in [0.3, 0.4) is 0 Å². The van der Waals surface area contributed by atoms with Gasteiger partial charge in [0.05, 0.1) is 58.5 Å². The first-order valence-electron chi connectivity index (χ1n) is 36.6. The lowest BCUT2D eigenvalue weighted by Gasteiger charge is -2.36. The van der Waals surface area contributed by atoms with E-state index in [0.29, 0.717) is 45.5 Å². The molecule has 3 amide bonds. The molecule has 0 aliphatic carbocycles. The summed E-state index contributed by atoms with van der Waals surface area (Å²) >= 11 is 17.8. The number of phenolic OH excluding ortho intramolecular Hbond substituents is 2. The summed E-state index contributed by atoms with van der Waals surface area (Å²) in [5.41, 5.74) is -1.07. The van der Waals surface area contributed by atoms with Gasteiger partial charge in [-0.1, -0.05) is 87.4 Å². The molecule has 122 heavy (non-hydrogen) atoms. The molecule has 6 rings (SSSR count). The van der Waals surface area contributed by atoms with Crippen molar-refractivity contribution in [1.29, 1.82) is 0 Å². The summed E-state index contributed by atoms with van der Waals surface area (Å²) in [5, 5.41) is 51.9. The van der Waals surface area contributed by atoms with E-state index in [1.54, 1.807) is 62.3 Å². The van der Waals surface area contributed by atoms with Crippen LogP contribution in [0, 0.1) is 94.0 Å². The quantitative estimate of drug-likeness (QED) is 0.00563. The second-order valence-corrected chi connectivity index (χ2v) is 43.4. The van der Waals surface area contributed by atoms with E-state index in [1.807, 2.05) is 0 Å². The zero-order valence-electron chi connectivity index (χ0n) is 71.1. The molecule has 0 aliphatic heterocycles. The first kappa shape index (κ1) is 119. The number of benzene rings is 6. The molecule has 40 heteroatoms. The number of nitrogens with one attached hydrogen (secondary N) is 3. The van der Waals surface area contributed by atoms with Gasteiger partial charge in [-0.2, -0.15) is 26.3 Å². The third-order valence-corrected chi connectivity index (χ3v) is 26.4. The van der Waals surface area contributed by atoms with Crippen LogP contribution >= 0.6 is 92.0 Å². The summed E-state index contributed by atoms with van der Waals surface area (Å²) in [4.78, 5) is 33.7. The molecule has 0 heterocycles. The van der Waals surface area contributed by atoms with E-state index < -0.39 is 133 Å². The van der Waals surface area contributed by atoms with Crippen LogP contribution in [-0.4, -0.2) is 162 Å². The normalized spacial score (nSPS) is 10.9. The second kappa shape index (κ2) is 60.1. The van der Waals surface area contributed by atoms with Gasteiger partial charge < -0.3 is 83.5 Å². The highest BCUT2D eigenvalue weighted by molar-refractivity contribution is 9.93. The van der Waals surface area contributed by atoms with E-state index in [1.165, 1.54) is 36.4 Å². The van der Waals surface area contributed by atoms with E-state index in [2.05, 4.69) is 193 Å². The maximum Gasteiger partial charge on any atom is 0.408 e. The van der Waals surface area contributed by atoms with E-state index in [4.69, 9.17) is 74.0 Å². The summed E-state index contributed by atoms with van der Waals surface area (Å²) in [5.74, 6) is -7.58. The van der Waals surface area contributed by atoms with Gasteiger partial charge in [0.1, 0.15) is 43.2 Å². The van der Waals surface area contributed by atoms with Gasteiger partial charge in [-0.25, -0.2) is 40.7 Å². The molecule has 6 aromatic rings. The third kappa shape index (κ3) is 50.5. The highest BCUT2D eigenvalue weighted by Crippen LogP contribution is 2.39. The number of hydrogen-bond donors (Lipinski definition) is 8. The molecule has 0 spiro atoms. The van der Waals surface area contributed by atoms with Gasteiger partial charge in [0.15, 0.2) is 91.9 Å². The molecule has 0 radical (unpaired) electrons. The summed E-state index contributed by atoms with van der Waals surface area (Å²) in [7, 11) is -3.30. The largest absolute Gasteiger partial charge is 0.505 e. The van der Waals surface area contributed by atoms with Crippen molar-refractivity contribution in [2.75, 3.05) is 84.4 Å². The molecule has 8 N–H and O–H groups in total. The van der Waals surface area contributed by atoms with Crippen molar-refractivity contribution < 1.29 is 136 Å². The van der Waals surface area contributed by atoms with Crippen LogP contribution in [0.5, 0.6) is 34.5 Å². The lowest BCUT2D eigenvalue weighted by atomic mass is 10.1. The van der Waals surface area contributed by atoms with Gasteiger partial charge in [-0.15, -0.1) is 6.42 Å². The third-order valence-electron chi connectivity index (χ3n) is 15.1. The highest BCUT2D eigenvalue weighted by Gasteiger charge is 2.38. The number of carbonyl (C=O) groups excluding carboxylic acids is 3. The van der Waals surface area contributed by atoms with Crippen molar-refractivity contribution in [3.05, 3.63) is 173 Å². The Morgan fingerprint density at radius 3 is 1.19 bits per heavy atom. The first-order valence-corrected chi connectivity index (χ1v) is 49.7. The minimum absolute atomic E-state index is 0. The van der Waals surface area contributed by atoms with Crippen LogP contribution in [0.15, 0.2) is 92.3 Å². The summed E-state index contributed by atoms with van der Waals surface area (Å²) in [6.45, 7) is 38.5. The van der Waals surface area contributed by atoms with Crippen molar-refractivity contribution in [2.24, 2.45) is 0 Å². The lowest BCUT2D eigenvalue weighted by Crippen LogP contribution is -2.41. The predicted molar refractivity (Wildman–Crippen MR) is 475 cm³/mol. The molecular formula is C82H111Br6F12N3O17Si2. The van der Waals surface area contributed by atoms with Gasteiger partial charge in [-0.05, 0) is 232 Å². The number of carbonyl (C=O) groups is 3. The van der Waals surface area contributed by atoms with Crippen LogP contribution in [0.25, 0.3) is 0 Å². The lowest BCUT2D eigenvalue weighted by molar-refractivity contribution is 0.0518. The van der Waals surface area contributed by atoms with E-state index in [9.17, 15) is 67.1 Å². The number of aliphatic hydroxyl groups is 3. The number of ether oxygens (including phenoxy) is 7. The fraction of sp³-hybridized carbons (Fsp3) is 0.476. The van der Waals surface area contributed by atoms with Crippen LogP contribution in [0.2, 0.25) is 36.3 Å². The molecule has 0 saturated carbocycles. The molecule has 0 unspecified atom stereocenters. The molecule has 690 valence electrons. The van der Waals surface area contributed by atoms with Crippen LogP contribution in [0.4, 0.5) is 67.1 Å². The fourth-order valence-electron chi connectivity index (χ4n) is 7.39. The second-order valence-electron chi connectivity index (χ2n) is 30.4. The number of alkyl carbamates (subject to hydrolysis) is 3. The number of amides is 3. The number of rotatable bonds is 23. The van der Waals surface area contributed by atoms with Crippen LogP contribution < -0.4 is 34.9 Å². The smallest absolute Gasteiger partial charge is 0.408 e. The molecule has 0 aliphatic rings. The molecule has 0 fully saturated rings. The predicted octanol–water partition coefficient (Wildman–Crippen LogP) is 22.8. The van der Waals surface area contributed by atoms with E-state index in [-0.39, 0.29) is 98.8 Å². The SMILES string of the molecule is BrBr.C#CCNC(=O)OC(C)(C)C.CC(C)(C)OC(=O)NCC#Cc1ccc(F)c(F)c1OCCO.CC(C)(C)OC(=O)NCCCc1ccc(F)c(F)c1OCCO.CC(C)(C)[Si](C)(C)OCCBr.CC(C)(C)[Si](C)(C)OCCOc1c(Br)ccc(F)c1F.OCCOc1c(Br)ccc(F)c1F.Oc1c(Br)ccc(F)c1F.Oc1cccc(F)c1F.[HH]. The first-order chi connectivity index (χ1) is 56.3. The molecule has 0 aromatic heterocycles. The standard InChI is InChI=1S/C16H23F2NO4.C16H19F2NO4.C14H21BrF2O2Si.C8H7BrF2O2.C8H19BrOSi.C8H13NO2.C6H3BrF2O.C6H4F2O.Br2.H2/c2*1-16(2,3)23-15(21)19-8-4-5-11-6-7-12(17)13(18)14(11)22-10-9-20;1-14(2,3)20(4,5)19-9-8-18-13-10(15)6-7-11(16)12(13)17;9-5-1-2-6(10)7(11)8(5)13-4-3-12;1-8(2,3)11(4,5)10-7-6-9;1-5-6-9-7(10)11-8(2,3)4;7-3-1-2-4(8)5(9)6(3)10;7-4-2-1-3-5(9)6(4)8;1-2;/h6-7,20H,4-5,8-10H2,1-3H3,(H,19,21);6-7,20H,8-10H2,1-3H3,(H,19,21);6-7H,8-9H2,1-5H3;1-2,12H,3-4H2;6-7H2,1-5H3;1H,6H2,2-4H3,(H,9,10);1-2,10H;1-3,9H;;1H. The number of aliphatic hydroxyl groups excluding tert-OH is 3. The zero-order valence-corrected chi connectivity index (χ0v) is 82.6. The Kier molecular flexibility index (Phi) is 58.8. The Morgan fingerprint density at radius 1 is 0.443 bits per heavy atom. The highest BCUT2D eigenvalue weighted by atomic mass is 80.9. The van der Waals surface area contributed by atoms with Crippen LogP contribution in [0.1, 0.15) is 123 Å². The van der Waals surface area contributed by atoms with Crippen molar-refractivity contribution in [3.8, 4) is 58.7 Å². The van der Waals surface area contributed by atoms with Gasteiger partial charge in [0.2, 0.25) is 29.1 Å². The Bertz CT molecular complexity index is 4220. The van der Waals surface area contributed by atoms with E-state index >= 15 is 0 Å². The number of terminal acetylenes is 1. The molecule has 0 bridgehead atoms. The molecule has 0 atom stereocenters. The maximum atomic E-state index is 13.7. The topological polar surface area (TPSA) is 272 Å². The number of aromatic hydroxyl groups is 2. The summed E-state index contributed by atoms with van der Waals surface area (Å²) < 4.78 is 203. The zero-order chi connectivity index (χ0) is 94.9. The number of phenols is 2. The average molecular weight is 2170 g/mol. The monoisotopic (exact) mass is 2170 g/mol. The Hall–Kier alpha value is -6.68. The van der Waals surface area contributed by atoms with Crippen LogP contribution in [-0.2, 0) is 29.5 Å². The Labute approximate surface area is 759 Å². The Balaban J connectivity index is -0.000000670.